The number of thiophene rings is 1. The van der Waals surface area contributed by atoms with Crippen molar-refractivity contribution in [3.63, 3.8) is 0 Å². The van der Waals surface area contributed by atoms with E-state index in [0.717, 1.165) is 71.7 Å². The molecule has 0 radical (unpaired) electrons. The van der Waals surface area contributed by atoms with Gasteiger partial charge in [-0.2, -0.15) is 0 Å². The fraction of sp³-hybridized carbons (Fsp3) is 0.0882. The van der Waals surface area contributed by atoms with Gasteiger partial charge in [-0.05, 0) is 54.3 Å². The Kier molecular flexibility index (Phi) is 6.51. The number of aromatic nitrogens is 2. The topological polar surface area (TPSA) is 69.9 Å². The lowest BCUT2D eigenvalue weighted by molar-refractivity contribution is 1.05. The van der Waals surface area contributed by atoms with Crippen LogP contribution < -0.4 is 11.5 Å². The van der Waals surface area contributed by atoms with Gasteiger partial charge in [0.05, 0.1) is 21.8 Å². The van der Waals surface area contributed by atoms with Crippen LogP contribution in [0.5, 0.6) is 0 Å². The highest BCUT2D eigenvalue weighted by atomic mass is 32.1. The van der Waals surface area contributed by atoms with Gasteiger partial charge in [-0.25, -0.2) is 4.98 Å². The molecule has 4 nitrogen and oxygen atoms in total. The lowest BCUT2D eigenvalue weighted by Gasteiger charge is -2.13. The molecule has 0 aliphatic rings. The van der Waals surface area contributed by atoms with Gasteiger partial charge in [0, 0.05) is 21.0 Å². The number of nitrogen functional groups attached to an aromatic ring is 2. The summed E-state index contributed by atoms with van der Waals surface area (Å²) in [6.07, 6.45) is 7.36. The van der Waals surface area contributed by atoms with Crippen LogP contribution in [-0.4, -0.2) is 9.55 Å². The van der Waals surface area contributed by atoms with E-state index < -0.39 is 0 Å². The summed E-state index contributed by atoms with van der Waals surface area (Å²) < 4.78 is 3.22. The van der Waals surface area contributed by atoms with Crippen molar-refractivity contribution in [1.82, 2.24) is 9.55 Å². The van der Waals surface area contributed by atoms with E-state index in [1.807, 2.05) is 37.3 Å². The summed E-state index contributed by atoms with van der Waals surface area (Å²) in [5.41, 5.74) is 20.7. The Labute approximate surface area is 232 Å². The number of nitrogens with zero attached hydrogens (tertiary/aromatic N) is 2. The lowest BCUT2D eigenvalue weighted by atomic mass is 10.0. The number of benzene rings is 3. The second-order valence-corrected chi connectivity index (χ2v) is 10.5. The van der Waals surface area contributed by atoms with Crippen molar-refractivity contribution in [2.24, 2.45) is 0 Å². The van der Waals surface area contributed by atoms with E-state index in [1.54, 1.807) is 11.3 Å². The van der Waals surface area contributed by atoms with Crippen LogP contribution in [0.3, 0.4) is 0 Å². The van der Waals surface area contributed by atoms with Crippen LogP contribution in [0.2, 0.25) is 0 Å². The predicted octanol–water partition coefficient (Wildman–Crippen LogP) is 9.11. The molecule has 192 valence electrons. The molecule has 39 heavy (non-hydrogen) atoms. The zero-order valence-electron chi connectivity index (χ0n) is 22.1. The summed E-state index contributed by atoms with van der Waals surface area (Å²) in [6, 6.07) is 31.2. The van der Waals surface area contributed by atoms with Gasteiger partial charge in [-0.1, -0.05) is 91.9 Å². The van der Waals surface area contributed by atoms with Gasteiger partial charge in [0.2, 0.25) is 0 Å². The minimum Gasteiger partial charge on any atom is -0.397 e. The van der Waals surface area contributed by atoms with Crippen LogP contribution in [0.1, 0.15) is 26.0 Å². The Bertz CT molecular complexity index is 1870. The third-order valence-electron chi connectivity index (χ3n) is 7.06. The van der Waals surface area contributed by atoms with Crippen molar-refractivity contribution >= 4 is 49.4 Å². The van der Waals surface area contributed by atoms with Gasteiger partial charge in [0.15, 0.2) is 0 Å². The predicted molar refractivity (Wildman–Crippen MR) is 169 cm³/mol. The first-order valence-corrected chi connectivity index (χ1v) is 14.0. The fourth-order valence-electron chi connectivity index (χ4n) is 5.15. The van der Waals surface area contributed by atoms with Crippen LogP contribution >= 0.6 is 11.3 Å². The van der Waals surface area contributed by atoms with Crippen molar-refractivity contribution in [3.05, 3.63) is 115 Å². The average Bonchev–Trinajstić information content (AvgIpc) is 3.46. The Morgan fingerprint density at radius 2 is 1.59 bits per heavy atom. The van der Waals surface area contributed by atoms with Crippen molar-refractivity contribution in [2.45, 2.75) is 20.3 Å². The van der Waals surface area contributed by atoms with Crippen LogP contribution in [0.15, 0.2) is 109 Å². The van der Waals surface area contributed by atoms with E-state index in [2.05, 4.69) is 90.4 Å². The number of rotatable bonds is 6. The second-order valence-electron chi connectivity index (χ2n) is 9.47. The first-order chi connectivity index (χ1) is 19.1. The molecule has 6 aromatic rings. The molecule has 3 aromatic heterocycles. The molecule has 4 N–H and O–H groups in total. The van der Waals surface area contributed by atoms with E-state index in [9.17, 15) is 0 Å². The number of hydrogen-bond donors (Lipinski definition) is 2. The maximum atomic E-state index is 7.04. The molecule has 0 aliphatic carbocycles. The number of fused-ring (bicyclic) bond motifs is 2. The van der Waals surface area contributed by atoms with Crippen molar-refractivity contribution in [1.29, 1.82) is 0 Å². The highest BCUT2D eigenvalue weighted by molar-refractivity contribution is 7.23. The van der Waals surface area contributed by atoms with Gasteiger partial charge in [0.1, 0.15) is 11.6 Å². The van der Waals surface area contributed by atoms with Crippen molar-refractivity contribution in [3.8, 4) is 27.4 Å². The minimum atomic E-state index is 0.629. The van der Waals surface area contributed by atoms with Gasteiger partial charge in [0.25, 0.3) is 0 Å². The Morgan fingerprint density at radius 3 is 2.33 bits per heavy atom. The third kappa shape index (κ3) is 4.31. The van der Waals surface area contributed by atoms with E-state index in [4.69, 9.17) is 16.5 Å². The van der Waals surface area contributed by atoms with Crippen LogP contribution in [0.25, 0.3) is 53.9 Å². The molecule has 3 heterocycles. The Hall–Kier alpha value is -4.61. The van der Waals surface area contributed by atoms with Gasteiger partial charge in [-0.15, -0.1) is 11.3 Å². The highest BCUT2D eigenvalue weighted by Crippen LogP contribution is 2.47. The number of nitrogens with two attached hydrogens (primary N) is 2. The molecule has 0 fully saturated rings. The lowest BCUT2D eigenvalue weighted by Crippen LogP contribution is -2.05. The van der Waals surface area contributed by atoms with Crippen LogP contribution in [-0.2, 0) is 0 Å². The number of para-hydroxylation sites is 1. The number of pyridine rings is 1. The molecular weight excluding hydrogens is 496 g/mol. The zero-order chi connectivity index (χ0) is 26.9. The molecule has 0 spiro atoms. The molecule has 0 bridgehead atoms. The molecule has 0 saturated carbocycles. The first-order valence-electron chi connectivity index (χ1n) is 13.2. The number of allylic oxidation sites excluding steroid dienone is 4. The molecule has 0 aliphatic heterocycles. The smallest absolute Gasteiger partial charge is 0.140 e. The standard InChI is InChI=1S/C34H30N4S/c1-3-5-13-22(4-2)27-20-24(23-14-7-6-8-15-23)21-30(37-27)38-28-18-11-9-16-25(28)31(34(38)36)33-32(35)26-17-10-12-19-29(26)39-33/h4-21H,3,35-36H2,1-2H3/b13-5-,22-4+. The van der Waals surface area contributed by atoms with E-state index in [-0.39, 0.29) is 0 Å². The molecule has 0 saturated heterocycles. The van der Waals surface area contributed by atoms with Crippen molar-refractivity contribution in [2.75, 3.05) is 11.5 Å². The molecule has 3 aromatic carbocycles. The average molecular weight is 527 g/mol. The molecular formula is C34H30N4S. The summed E-state index contributed by atoms with van der Waals surface area (Å²) in [5, 5.41) is 2.11. The number of hydrogen-bond acceptors (Lipinski definition) is 4. The number of anilines is 2. The monoisotopic (exact) mass is 526 g/mol. The zero-order valence-corrected chi connectivity index (χ0v) is 22.9. The normalized spacial score (nSPS) is 12.2. The Morgan fingerprint density at radius 1 is 0.872 bits per heavy atom. The summed E-state index contributed by atoms with van der Waals surface area (Å²) in [4.78, 5) is 6.16. The summed E-state index contributed by atoms with van der Waals surface area (Å²) in [7, 11) is 0. The first kappa shape index (κ1) is 24.7. The molecule has 6 rings (SSSR count). The van der Waals surface area contributed by atoms with Gasteiger partial charge >= 0.3 is 0 Å². The van der Waals surface area contributed by atoms with Crippen molar-refractivity contribution < 1.29 is 0 Å². The summed E-state index contributed by atoms with van der Waals surface area (Å²) in [6.45, 7) is 4.19. The van der Waals surface area contributed by atoms with Gasteiger partial charge < -0.3 is 11.5 Å². The van der Waals surface area contributed by atoms with Gasteiger partial charge in [-0.3, -0.25) is 4.57 Å². The largest absolute Gasteiger partial charge is 0.397 e. The Balaban J connectivity index is 1.64. The summed E-state index contributed by atoms with van der Waals surface area (Å²) >= 11 is 1.68. The maximum Gasteiger partial charge on any atom is 0.140 e. The van der Waals surface area contributed by atoms with Crippen LogP contribution in [0, 0.1) is 0 Å². The van der Waals surface area contributed by atoms with E-state index in [1.165, 1.54) is 0 Å². The molecule has 5 heteroatoms. The molecule has 0 atom stereocenters. The quantitative estimate of drug-likeness (QED) is 0.213. The summed E-state index contributed by atoms with van der Waals surface area (Å²) in [5.74, 6) is 1.40. The molecule has 0 unspecified atom stereocenters. The highest BCUT2D eigenvalue weighted by Gasteiger charge is 2.23. The SMILES string of the molecule is C/C=C(\C=C/CC)c1cc(-c2ccccc2)cc(-n2c(N)c(-c3sc4ccccc4c3N)c3ccccc32)n1. The van der Waals surface area contributed by atoms with E-state index >= 15 is 0 Å². The minimum absolute atomic E-state index is 0.629. The molecule has 0 amide bonds. The van der Waals surface area contributed by atoms with Crippen LogP contribution in [0.4, 0.5) is 11.5 Å². The second kappa shape index (κ2) is 10.3. The third-order valence-corrected chi connectivity index (χ3v) is 8.26. The fourth-order valence-corrected chi connectivity index (χ4v) is 6.34. The maximum absolute atomic E-state index is 7.04. The van der Waals surface area contributed by atoms with E-state index in [0.29, 0.717) is 5.82 Å².